The Balaban J connectivity index is 2.79. The molecule has 0 fully saturated rings. The van der Waals surface area contributed by atoms with E-state index in [1.54, 1.807) is 0 Å². The molecule has 4 heteroatoms. The van der Waals surface area contributed by atoms with Gasteiger partial charge in [0.2, 0.25) is 0 Å². The van der Waals surface area contributed by atoms with Crippen LogP contribution in [0.25, 0.3) is 0 Å². The summed E-state index contributed by atoms with van der Waals surface area (Å²) in [5.41, 5.74) is -1.16. The molecule has 0 spiro atoms. The monoisotopic (exact) mass is 216 g/mol. The maximum Gasteiger partial charge on any atom is 0.397 e. The molecule has 1 atom stereocenters. The van der Waals surface area contributed by atoms with Gasteiger partial charge < -0.3 is 0 Å². The molecule has 0 aromatic heterocycles. The van der Waals surface area contributed by atoms with Crippen LogP contribution in [0.4, 0.5) is 13.2 Å². The predicted molar refractivity (Wildman–Crippen MR) is 51.2 cm³/mol. The van der Waals surface area contributed by atoms with Crippen molar-refractivity contribution < 1.29 is 18.0 Å². The van der Waals surface area contributed by atoms with E-state index in [-0.39, 0.29) is 6.42 Å². The molecule has 0 saturated heterocycles. The van der Waals surface area contributed by atoms with Crippen LogP contribution in [0.2, 0.25) is 0 Å². The van der Waals surface area contributed by atoms with E-state index in [1.165, 1.54) is 24.3 Å². The van der Waals surface area contributed by atoms with Gasteiger partial charge in [-0.15, -0.1) is 0 Å². The first-order valence-electron chi connectivity index (χ1n) is 4.47. The molecule has 1 nitrogen and oxygen atoms in total. The Bertz CT molecular complexity index is 336. The quantitative estimate of drug-likeness (QED) is 0.511. The van der Waals surface area contributed by atoms with E-state index >= 15 is 0 Å². The van der Waals surface area contributed by atoms with E-state index < -0.39 is 11.6 Å². The second kappa shape index (κ2) is 4.04. The van der Waals surface area contributed by atoms with Crippen LogP contribution in [0.3, 0.4) is 0 Å². The van der Waals surface area contributed by atoms with Gasteiger partial charge in [-0.2, -0.15) is 13.2 Å². The van der Waals surface area contributed by atoms with Crippen LogP contribution in [0, 0.1) is 5.41 Å². The van der Waals surface area contributed by atoms with E-state index in [0.717, 1.165) is 13.0 Å². The minimum absolute atomic E-state index is 0.0917. The smallest absolute Gasteiger partial charge is 0.299 e. The molecule has 1 aliphatic carbocycles. The molecule has 0 radical (unpaired) electrons. The van der Waals surface area contributed by atoms with Crippen LogP contribution >= 0.6 is 0 Å². The Labute approximate surface area is 86.0 Å². The topological polar surface area (TPSA) is 17.1 Å². The zero-order valence-electron chi connectivity index (χ0n) is 8.21. The fraction of sp³-hybridized carbons (Fsp3) is 0.364. The molecule has 0 bridgehead atoms. The Kier molecular flexibility index (Phi) is 3.17. The molecule has 1 aliphatic rings. The molecule has 0 N–H and O–H groups in total. The van der Waals surface area contributed by atoms with Gasteiger partial charge in [-0.1, -0.05) is 24.3 Å². The highest BCUT2D eigenvalue weighted by molar-refractivity contribution is 5.66. The summed E-state index contributed by atoms with van der Waals surface area (Å²) >= 11 is 0. The van der Waals surface area contributed by atoms with Crippen molar-refractivity contribution in [3.05, 3.63) is 36.0 Å². The third-order valence-corrected chi connectivity index (χ3v) is 2.42. The van der Waals surface area contributed by atoms with Crippen molar-refractivity contribution in [2.75, 3.05) is 0 Å². The fourth-order valence-corrected chi connectivity index (χ4v) is 1.23. The van der Waals surface area contributed by atoms with E-state index in [9.17, 15) is 18.0 Å². The molecule has 0 amide bonds. The Morgan fingerprint density at radius 2 is 2.13 bits per heavy atom. The summed E-state index contributed by atoms with van der Waals surface area (Å²) < 4.78 is 37.6. The summed E-state index contributed by atoms with van der Waals surface area (Å²) in [6, 6.07) is 0. The van der Waals surface area contributed by atoms with Gasteiger partial charge in [0.15, 0.2) is 0 Å². The maximum atomic E-state index is 12.5. The van der Waals surface area contributed by atoms with E-state index in [1.807, 2.05) is 0 Å². The molecular weight excluding hydrogens is 205 g/mol. The molecule has 0 aliphatic heterocycles. The van der Waals surface area contributed by atoms with E-state index in [4.69, 9.17) is 0 Å². The van der Waals surface area contributed by atoms with Crippen LogP contribution in [-0.2, 0) is 4.79 Å². The van der Waals surface area contributed by atoms with Crippen molar-refractivity contribution in [3.8, 4) is 0 Å². The Hall–Kier alpha value is -1.32. The average molecular weight is 216 g/mol. The van der Waals surface area contributed by atoms with Crippen LogP contribution in [0.15, 0.2) is 36.0 Å². The van der Waals surface area contributed by atoms with Gasteiger partial charge in [0, 0.05) is 0 Å². The summed E-state index contributed by atoms with van der Waals surface area (Å²) in [7, 11) is 0. The van der Waals surface area contributed by atoms with E-state index in [2.05, 4.69) is 0 Å². The van der Waals surface area contributed by atoms with Crippen molar-refractivity contribution in [3.63, 3.8) is 0 Å². The number of hydrogen-bond acceptors (Lipinski definition) is 1. The highest BCUT2D eigenvalue weighted by Gasteiger charge is 2.48. The predicted octanol–water partition coefficient (Wildman–Crippen LogP) is 3.20. The first-order chi connectivity index (χ1) is 6.89. The number of hydrogen-bond donors (Lipinski definition) is 0. The van der Waals surface area contributed by atoms with Gasteiger partial charge >= 0.3 is 6.18 Å². The Morgan fingerprint density at radius 1 is 1.47 bits per heavy atom. The normalized spacial score (nSPS) is 26.8. The number of halogens is 3. The second-order valence-corrected chi connectivity index (χ2v) is 3.65. The number of aldehydes is 1. The minimum Gasteiger partial charge on any atom is -0.299 e. The molecule has 0 aromatic rings. The molecule has 1 unspecified atom stereocenters. The number of carbonyl (C=O) groups is 1. The summed E-state index contributed by atoms with van der Waals surface area (Å²) in [5.74, 6) is 0. The maximum absolute atomic E-state index is 12.5. The average Bonchev–Trinajstić information content (AvgIpc) is 2.15. The molecule has 15 heavy (non-hydrogen) atoms. The lowest BCUT2D eigenvalue weighted by molar-refractivity contribution is -0.199. The SMILES string of the molecule is CC1(C(F)(F)F)C=CC(C=CC=O)=CC1. The fourth-order valence-electron chi connectivity index (χ4n) is 1.23. The van der Waals surface area contributed by atoms with Crippen LogP contribution in [0.5, 0.6) is 0 Å². The lowest BCUT2D eigenvalue weighted by Crippen LogP contribution is -2.33. The Morgan fingerprint density at radius 3 is 2.53 bits per heavy atom. The molecule has 1 rings (SSSR count). The van der Waals surface area contributed by atoms with Crippen LogP contribution in [0.1, 0.15) is 13.3 Å². The lowest BCUT2D eigenvalue weighted by atomic mass is 9.81. The summed E-state index contributed by atoms with van der Waals surface area (Å²) in [5, 5.41) is 0. The van der Waals surface area contributed by atoms with Gasteiger partial charge in [-0.25, -0.2) is 0 Å². The zero-order chi connectivity index (χ0) is 11.5. The second-order valence-electron chi connectivity index (χ2n) is 3.65. The highest BCUT2D eigenvalue weighted by atomic mass is 19.4. The number of carbonyl (C=O) groups excluding carboxylic acids is 1. The molecular formula is C11H11F3O. The van der Waals surface area contributed by atoms with Gasteiger partial charge in [-0.3, -0.25) is 4.79 Å². The molecule has 82 valence electrons. The summed E-state index contributed by atoms with van der Waals surface area (Å²) in [4.78, 5) is 10.0. The standard InChI is InChI=1S/C11H11F3O/c1-10(11(12,13)14)6-4-9(5-7-10)3-2-8-15/h2-6,8H,7H2,1H3. The van der Waals surface area contributed by atoms with Crippen molar-refractivity contribution in [1.29, 1.82) is 0 Å². The van der Waals surface area contributed by atoms with Crippen LogP contribution < -0.4 is 0 Å². The first kappa shape index (κ1) is 11.8. The van der Waals surface area contributed by atoms with Gasteiger partial charge in [0.25, 0.3) is 0 Å². The lowest BCUT2D eigenvalue weighted by Gasteiger charge is -2.30. The van der Waals surface area contributed by atoms with Gasteiger partial charge in [-0.05, 0) is 25.0 Å². The van der Waals surface area contributed by atoms with Crippen molar-refractivity contribution in [2.24, 2.45) is 5.41 Å². The largest absolute Gasteiger partial charge is 0.397 e. The third kappa shape index (κ3) is 2.58. The van der Waals surface area contributed by atoms with Crippen molar-refractivity contribution >= 4 is 6.29 Å². The molecule has 0 saturated carbocycles. The molecule has 0 aromatic carbocycles. The van der Waals surface area contributed by atoms with Crippen molar-refractivity contribution in [2.45, 2.75) is 19.5 Å². The third-order valence-electron chi connectivity index (χ3n) is 2.42. The highest BCUT2D eigenvalue weighted by Crippen LogP contribution is 2.44. The number of alkyl halides is 3. The van der Waals surface area contributed by atoms with Gasteiger partial charge in [0.1, 0.15) is 6.29 Å². The van der Waals surface area contributed by atoms with Crippen molar-refractivity contribution in [1.82, 2.24) is 0 Å². The van der Waals surface area contributed by atoms with Crippen LogP contribution in [-0.4, -0.2) is 12.5 Å². The summed E-state index contributed by atoms with van der Waals surface area (Å²) in [6.45, 7) is 1.15. The first-order valence-corrected chi connectivity index (χ1v) is 4.47. The van der Waals surface area contributed by atoms with E-state index in [0.29, 0.717) is 11.9 Å². The van der Waals surface area contributed by atoms with Gasteiger partial charge in [0.05, 0.1) is 5.41 Å². The molecule has 0 heterocycles. The number of rotatable bonds is 2. The summed E-state index contributed by atoms with van der Waals surface area (Å²) in [6.07, 6.45) is 3.01. The number of allylic oxidation sites excluding steroid dienone is 6. The minimum atomic E-state index is -4.24. The zero-order valence-corrected chi connectivity index (χ0v) is 8.21.